The number of aliphatic hydroxyl groups is 1. The first-order chi connectivity index (χ1) is 7.02. The molecular formula is C13H29NO. The maximum atomic E-state index is 9.90. The maximum absolute atomic E-state index is 9.90. The lowest BCUT2D eigenvalue weighted by Crippen LogP contribution is -2.41. The highest BCUT2D eigenvalue weighted by Crippen LogP contribution is 2.10. The number of hydrogen-bond acceptors (Lipinski definition) is 2. The number of unbranched alkanes of at least 4 members (excludes halogenated alkanes) is 1. The largest absolute Gasteiger partial charge is 0.392 e. The molecule has 0 amide bonds. The van der Waals surface area contributed by atoms with Gasteiger partial charge in [-0.25, -0.2) is 0 Å². The molecule has 92 valence electrons. The van der Waals surface area contributed by atoms with Crippen LogP contribution in [0.3, 0.4) is 0 Å². The highest BCUT2D eigenvalue weighted by atomic mass is 16.3. The standard InChI is InChI=1S/C13H29NO/c1-6-8-9-14(12(5)7-2)10-13(15)11(3)4/h11-13,15H,6-10H2,1-5H3. The number of rotatable bonds is 8. The van der Waals surface area contributed by atoms with Gasteiger partial charge in [0.05, 0.1) is 6.10 Å². The van der Waals surface area contributed by atoms with Gasteiger partial charge in [0.15, 0.2) is 0 Å². The Labute approximate surface area is 95.7 Å². The summed E-state index contributed by atoms with van der Waals surface area (Å²) < 4.78 is 0. The predicted molar refractivity (Wildman–Crippen MR) is 67.1 cm³/mol. The first-order valence-electron chi connectivity index (χ1n) is 6.44. The molecule has 0 spiro atoms. The van der Waals surface area contributed by atoms with E-state index in [4.69, 9.17) is 0 Å². The third kappa shape index (κ3) is 6.16. The normalized spacial score (nSPS) is 16.0. The molecule has 0 rings (SSSR count). The van der Waals surface area contributed by atoms with Crippen molar-refractivity contribution in [3.8, 4) is 0 Å². The second-order valence-electron chi connectivity index (χ2n) is 4.92. The highest BCUT2D eigenvalue weighted by Gasteiger charge is 2.17. The molecule has 2 nitrogen and oxygen atoms in total. The van der Waals surface area contributed by atoms with Crippen LogP contribution in [0.25, 0.3) is 0 Å². The second-order valence-corrected chi connectivity index (χ2v) is 4.92. The Bertz CT molecular complexity index is 147. The summed E-state index contributed by atoms with van der Waals surface area (Å²) in [4.78, 5) is 2.42. The van der Waals surface area contributed by atoms with Crippen LogP contribution in [0.15, 0.2) is 0 Å². The van der Waals surface area contributed by atoms with Gasteiger partial charge in [0.1, 0.15) is 0 Å². The van der Waals surface area contributed by atoms with Crippen LogP contribution < -0.4 is 0 Å². The summed E-state index contributed by atoms with van der Waals surface area (Å²) in [6.45, 7) is 12.8. The van der Waals surface area contributed by atoms with E-state index in [1.165, 1.54) is 12.8 Å². The second kappa shape index (κ2) is 8.12. The minimum Gasteiger partial charge on any atom is -0.392 e. The number of nitrogens with zero attached hydrogens (tertiary/aromatic N) is 1. The van der Waals surface area contributed by atoms with Gasteiger partial charge in [-0.2, -0.15) is 0 Å². The van der Waals surface area contributed by atoms with Crippen molar-refractivity contribution in [3.63, 3.8) is 0 Å². The Morgan fingerprint density at radius 2 is 1.73 bits per heavy atom. The Hall–Kier alpha value is -0.0800. The van der Waals surface area contributed by atoms with Crippen LogP contribution in [-0.2, 0) is 0 Å². The lowest BCUT2D eigenvalue weighted by atomic mass is 10.1. The van der Waals surface area contributed by atoms with E-state index in [9.17, 15) is 5.11 Å². The molecule has 0 radical (unpaired) electrons. The van der Waals surface area contributed by atoms with Crippen molar-refractivity contribution < 1.29 is 5.11 Å². The molecule has 15 heavy (non-hydrogen) atoms. The van der Waals surface area contributed by atoms with E-state index in [2.05, 4.69) is 39.5 Å². The SMILES string of the molecule is CCCCN(CC(O)C(C)C)C(C)CC. The predicted octanol–water partition coefficient (Wildman–Crippen LogP) is 2.90. The summed E-state index contributed by atoms with van der Waals surface area (Å²) in [5.41, 5.74) is 0. The number of aliphatic hydroxyl groups excluding tert-OH is 1. The first-order valence-corrected chi connectivity index (χ1v) is 6.44. The van der Waals surface area contributed by atoms with Crippen molar-refractivity contribution in [2.45, 2.75) is 66.0 Å². The zero-order chi connectivity index (χ0) is 11.8. The van der Waals surface area contributed by atoms with Gasteiger partial charge in [0.25, 0.3) is 0 Å². The van der Waals surface area contributed by atoms with E-state index >= 15 is 0 Å². The van der Waals surface area contributed by atoms with Crippen LogP contribution in [-0.4, -0.2) is 35.2 Å². The molecule has 0 aromatic rings. The molecule has 0 aromatic carbocycles. The van der Waals surface area contributed by atoms with E-state index in [1.54, 1.807) is 0 Å². The topological polar surface area (TPSA) is 23.5 Å². The van der Waals surface area contributed by atoms with Crippen LogP contribution in [0, 0.1) is 5.92 Å². The molecule has 0 aromatic heterocycles. The molecule has 0 bridgehead atoms. The average Bonchev–Trinajstić information content (AvgIpc) is 2.22. The molecule has 2 heteroatoms. The third-order valence-corrected chi connectivity index (χ3v) is 3.20. The van der Waals surface area contributed by atoms with Crippen molar-refractivity contribution >= 4 is 0 Å². The molecule has 2 unspecified atom stereocenters. The molecular weight excluding hydrogens is 186 g/mol. The smallest absolute Gasteiger partial charge is 0.0690 e. The summed E-state index contributed by atoms with van der Waals surface area (Å²) in [7, 11) is 0. The molecule has 0 heterocycles. The molecule has 0 aliphatic carbocycles. The van der Waals surface area contributed by atoms with Crippen molar-refractivity contribution in [3.05, 3.63) is 0 Å². The summed E-state index contributed by atoms with van der Waals surface area (Å²) in [6, 6.07) is 0.588. The summed E-state index contributed by atoms with van der Waals surface area (Å²) in [5, 5.41) is 9.90. The Balaban J connectivity index is 4.11. The van der Waals surface area contributed by atoms with Crippen molar-refractivity contribution in [1.29, 1.82) is 0 Å². The third-order valence-electron chi connectivity index (χ3n) is 3.20. The first kappa shape index (κ1) is 14.9. The quantitative estimate of drug-likeness (QED) is 0.673. The van der Waals surface area contributed by atoms with Gasteiger partial charge in [-0.3, -0.25) is 4.90 Å². The van der Waals surface area contributed by atoms with Crippen LogP contribution in [0.4, 0.5) is 0 Å². The van der Waals surface area contributed by atoms with Crippen LogP contribution in [0.2, 0.25) is 0 Å². The molecule has 0 saturated carbocycles. The van der Waals surface area contributed by atoms with Gasteiger partial charge in [0, 0.05) is 12.6 Å². The van der Waals surface area contributed by atoms with E-state index in [1.807, 2.05) is 0 Å². The molecule has 0 saturated heterocycles. The van der Waals surface area contributed by atoms with Crippen LogP contribution >= 0.6 is 0 Å². The monoisotopic (exact) mass is 215 g/mol. The minimum absolute atomic E-state index is 0.184. The Morgan fingerprint density at radius 1 is 1.13 bits per heavy atom. The van der Waals surface area contributed by atoms with Crippen LogP contribution in [0.5, 0.6) is 0 Å². The Kier molecular flexibility index (Phi) is 8.07. The van der Waals surface area contributed by atoms with Gasteiger partial charge in [-0.15, -0.1) is 0 Å². The average molecular weight is 215 g/mol. The van der Waals surface area contributed by atoms with Gasteiger partial charge in [0.2, 0.25) is 0 Å². The lowest BCUT2D eigenvalue weighted by molar-refractivity contribution is 0.0587. The molecule has 1 N–H and O–H groups in total. The van der Waals surface area contributed by atoms with E-state index < -0.39 is 0 Å². The fraction of sp³-hybridized carbons (Fsp3) is 1.00. The summed E-state index contributed by atoms with van der Waals surface area (Å²) >= 11 is 0. The molecule has 0 aliphatic heterocycles. The van der Waals surface area contributed by atoms with Crippen molar-refractivity contribution in [2.24, 2.45) is 5.92 Å². The lowest BCUT2D eigenvalue weighted by Gasteiger charge is -2.31. The minimum atomic E-state index is -0.184. The molecule has 0 fully saturated rings. The molecule has 0 aliphatic rings. The maximum Gasteiger partial charge on any atom is 0.0690 e. The van der Waals surface area contributed by atoms with E-state index in [-0.39, 0.29) is 6.10 Å². The van der Waals surface area contributed by atoms with Crippen molar-refractivity contribution in [1.82, 2.24) is 4.90 Å². The summed E-state index contributed by atoms with van der Waals surface area (Å²) in [6.07, 6.45) is 3.44. The number of hydrogen-bond donors (Lipinski definition) is 1. The fourth-order valence-corrected chi connectivity index (χ4v) is 1.56. The van der Waals surface area contributed by atoms with Crippen molar-refractivity contribution in [2.75, 3.05) is 13.1 Å². The summed E-state index contributed by atoms with van der Waals surface area (Å²) in [5.74, 6) is 0.359. The van der Waals surface area contributed by atoms with E-state index in [0.29, 0.717) is 12.0 Å². The van der Waals surface area contributed by atoms with Gasteiger partial charge in [-0.05, 0) is 32.2 Å². The zero-order valence-corrected chi connectivity index (χ0v) is 11.2. The highest BCUT2D eigenvalue weighted by molar-refractivity contribution is 4.71. The van der Waals surface area contributed by atoms with Gasteiger partial charge < -0.3 is 5.11 Å². The zero-order valence-electron chi connectivity index (χ0n) is 11.2. The van der Waals surface area contributed by atoms with Gasteiger partial charge in [-0.1, -0.05) is 34.1 Å². The fourth-order valence-electron chi connectivity index (χ4n) is 1.56. The van der Waals surface area contributed by atoms with Crippen LogP contribution in [0.1, 0.15) is 53.9 Å². The molecule has 2 atom stereocenters. The Morgan fingerprint density at radius 3 is 2.13 bits per heavy atom. The van der Waals surface area contributed by atoms with Gasteiger partial charge >= 0.3 is 0 Å². The van der Waals surface area contributed by atoms with E-state index in [0.717, 1.165) is 19.5 Å².